The molecule has 0 atom stereocenters. The molecule has 0 aromatic heterocycles. The summed E-state index contributed by atoms with van der Waals surface area (Å²) in [6.07, 6.45) is 0.663. The van der Waals surface area contributed by atoms with Crippen molar-refractivity contribution in [3.8, 4) is 0 Å². The lowest BCUT2D eigenvalue weighted by atomic mass is 10.1. The predicted molar refractivity (Wildman–Crippen MR) is 46.5 cm³/mol. The first-order chi connectivity index (χ1) is 5.65. The van der Waals surface area contributed by atoms with E-state index in [2.05, 4.69) is 15.9 Å². The van der Waals surface area contributed by atoms with Gasteiger partial charge in [-0.2, -0.15) is 0 Å². The van der Waals surface area contributed by atoms with Crippen molar-refractivity contribution < 1.29 is 14.7 Å². The monoisotopic (exact) mass is 228 g/mol. The van der Waals surface area contributed by atoms with E-state index in [1.807, 2.05) is 0 Å². The highest BCUT2D eigenvalue weighted by Crippen LogP contribution is 2.17. The van der Waals surface area contributed by atoms with Gasteiger partial charge in [0.15, 0.2) is 0 Å². The summed E-state index contributed by atoms with van der Waals surface area (Å²) in [5, 5.41) is 8.61. The van der Waals surface area contributed by atoms with Crippen LogP contribution >= 0.6 is 15.9 Å². The second-order valence-electron chi connectivity index (χ2n) is 2.16. The van der Waals surface area contributed by atoms with Gasteiger partial charge in [0, 0.05) is 10.0 Å². The van der Waals surface area contributed by atoms with Crippen molar-refractivity contribution in [1.29, 1.82) is 0 Å². The number of carboxylic acids is 1. The zero-order valence-corrected chi connectivity index (χ0v) is 7.54. The molecule has 1 aromatic rings. The number of carbonyl (C=O) groups is 2. The van der Waals surface area contributed by atoms with Gasteiger partial charge >= 0.3 is 5.97 Å². The fraction of sp³-hybridized carbons (Fsp3) is 0. The molecule has 4 heteroatoms. The summed E-state index contributed by atoms with van der Waals surface area (Å²) in [7, 11) is 0. The Bertz CT molecular complexity index is 333. The zero-order chi connectivity index (χ0) is 9.14. The van der Waals surface area contributed by atoms with E-state index in [0.717, 1.165) is 0 Å². The molecule has 0 fully saturated rings. The van der Waals surface area contributed by atoms with Crippen molar-refractivity contribution in [1.82, 2.24) is 0 Å². The summed E-state index contributed by atoms with van der Waals surface area (Å²) in [5.74, 6) is -1.01. The molecule has 0 aliphatic carbocycles. The van der Waals surface area contributed by atoms with Gasteiger partial charge in [-0.1, -0.05) is 6.07 Å². The van der Waals surface area contributed by atoms with Crippen LogP contribution in [0.2, 0.25) is 0 Å². The molecule has 0 spiro atoms. The summed E-state index contributed by atoms with van der Waals surface area (Å²) in [6, 6.07) is 4.31. The van der Waals surface area contributed by atoms with E-state index in [1.165, 1.54) is 18.2 Å². The fourth-order valence-electron chi connectivity index (χ4n) is 0.778. The first-order valence-electron chi connectivity index (χ1n) is 3.13. The van der Waals surface area contributed by atoms with E-state index in [0.29, 0.717) is 16.3 Å². The normalized spacial score (nSPS) is 9.42. The molecule has 0 unspecified atom stereocenters. The lowest BCUT2D eigenvalue weighted by Gasteiger charge is -1.98. The van der Waals surface area contributed by atoms with E-state index in [1.54, 1.807) is 0 Å². The van der Waals surface area contributed by atoms with Crippen LogP contribution in [0.4, 0.5) is 0 Å². The van der Waals surface area contributed by atoms with Crippen molar-refractivity contribution >= 4 is 28.2 Å². The minimum atomic E-state index is -1.01. The second kappa shape index (κ2) is 3.49. The maximum absolute atomic E-state index is 10.5. The number of carboxylic acid groups (broad SMARTS) is 1. The Labute approximate surface area is 77.1 Å². The van der Waals surface area contributed by atoms with Crippen molar-refractivity contribution in [2.24, 2.45) is 0 Å². The van der Waals surface area contributed by atoms with Crippen LogP contribution in [-0.2, 0) is 0 Å². The Hall–Kier alpha value is -1.16. The van der Waals surface area contributed by atoms with Crippen LogP contribution in [0, 0.1) is 0 Å². The maximum Gasteiger partial charge on any atom is 0.336 e. The topological polar surface area (TPSA) is 54.4 Å². The summed E-state index contributed by atoms with van der Waals surface area (Å²) >= 11 is 3.05. The second-order valence-corrected chi connectivity index (χ2v) is 3.02. The molecule has 0 aliphatic rings. The molecule has 12 heavy (non-hydrogen) atoms. The lowest BCUT2D eigenvalue weighted by molar-refractivity contribution is 0.0695. The molecular formula is C8H5BrO3. The Kier molecular flexibility index (Phi) is 2.60. The van der Waals surface area contributed by atoms with Gasteiger partial charge in [0.05, 0.1) is 5.56 Å². The van der Waals surface area contributed by atoms with Crippen molar-refractivity contribution in [3.63, 3.8) is 0 Å². The highest BCUT2D eigenvalue weighted by molar-refractivity contribution is 9.10. The van der Waals surface area contributed by atoms with E-state index in [-0.39, 0.29) is 5.56 Å². The standard InChI is InChI=1S/C8H5BrO3/c9-7-3-5(4-10)1-2-6(7)8(11)12/h1-4H,(H,11,12). The van der Waals surface area contributed by atoms with Crippen LogP contribution < -0.4 is 0 Å². The third-order valence-electron chi connectivity index (χ3n) is 1.36. The van der Waals surface area contributed by atoms with Crippen molar-refractivity contribution in [2.45, 2.75) is 0 Å². The van der Waals surface area contributed by atoms with E-state index >= 15 is 0 Å². The van der Waals surface area contributed by atoms with E-state index in [9.17, 15) is 9.59 Å². The molecule has 0 aliphatic heterocycles. The molecule has 1 aromatic carbocycles. The Balaban J connectivity index is 3.20. The number of rotatable bonds is 2. The van der Waals surface area contributed by atoms with Crippen LogP contribution in [-0.4, -0.2) is 17.4 Å². The molecule has 0 amide bonds. The third kappa shape index (κ3) is 1.71. The Morgan fingerprint density at radius 1 is 1.50 bits per heavy atom. The summed E-state index contributed by atoms with van der Waals surface area (Å²) in [5.41, 5.74) is 0.604. The van der Waals surface area contributed by atoms with Crippen LogP contribution in [0.5, 0.6) is 0 Å². The highest BCUT2D eigenvalue weighted by atomic mass is 79.9. The molecule has 0 bridgehead atoms. The largest absolute Gasteiger partial charge is 0.478 e. The smallest absolute Gasteiger partial charge is 0.336 e. The summed E-state index contributed by atoms with van der Waals surface area (Å²) in [6.45, 7) is 0. The van der Waals surface area contributed by atoms with Crippen LogP contribution in [0.1, 0.15) is 20.7 Å². The Morgan fingerprint density at radius 2 is 2.17 bits per heavy atom. The number of carbonyl (C=O) groups excluding carboxylic acids is 1. The number of benzene rings is 1. The Morgan fingerprint density at radius 3 is 2.58 bits per heavy atom. The summed E-state index contributed by atoms with van der Waals surface area (Å²) in [4.78, 5) is 20.8. The minimum Gasteiger partial charge on any atom is -0.478 e. The number of hydrogen-bond donors (Lipinski definition) is 1. The van der Waals surface area contributed by atoms with Gasteiger partial charge in [-0.3, -0.25) is 4.79 Å². The predicted octanol–water partition coefficient (Wildman–Crippen LogP) is 1.96. The van der Waals surface area contributed by atoms with Crippen LogP contribution in [0.3, 0.4) is 0 Å². The third-order valence-corrected chi connectivity index (χ3v) is 2.02. The average Bonchev–Trinajstić information content (AvgIpc) is 2.03. The van der Waals surface area contributed by atoms with Crippen molar-refractivity contribution in [3.05, 3.63) is 33.8 Å². The van der Waals surface area contributed by atoms with Gasteiger partial charge < -0.3 is 5.11 Å². The molecule has 0 saturated carbocycles. The van der Waals surface area contributed by atoms with Gasteiger partial charge in [-0.15, -0.1) is 0 Å². The highest BCUT2D eigenvalue weighted by Gasteiger charge is 2.07. The van der Waals surface area contributed by atoms with E-state index in [4.69, 9.17) is 5.11 Å². The first kappa shape index (κ1) is 8.93. The molecule has 3 nitrogen and oxygen atoms in total. The number of hydrogen-bond acceptors (Lipinski definition) is 2. The maximum atomic E-state index is 10.5. The molecule has 1 rings (SSSR count). The van der Waals surface area contributed by atoms with Gasteiger partial charge in [0.25, 0.3) is 0 Å². The van der Waals surface area contributed by atoms with Crippen molar-refractivity contribution in [2.75, 3.05) is 0 Å². The van der Waals surface area contributed by atoms with Gasteiger partial charge in [-0.05, 0) is 28.1 Å². The molecule has 1 N–H and O–H groups in total. The lowest BCUT2D eigenvalue weighted by Crippen LogP contribution is -1.97. The molecule has 0 saturated heterocycles. The summed E-state index contributed by atoms with van der Waals surface area (Å²) < 4.78 is 0.416. The number of aromatic carboxylic acids is 1. The zero-order valence-electron chi connectivity index (χ0n) is 5.95. The number of halogens is 1. The first-order valence-corrected chi connectivity index (χ1v) is 3.92. The minimum absolute atomic E-state index is 0.153. The van der Waals surface area contributed by atoms with Crippen LogP contribution in [0.15, 0.2) is 22.7 Å². The van der Waals surface area contributed by atoms with Gasteiger partial charge in [0.2, 0.25) is 0 Å². The van der Waals surface area contributed by atoms with Crippen LogP contribution in [0.25, 0.3) is 0 Å². The average molecular weight is 229 g/mol. The quantitative estimate of drug-likeness (QED) is 0.788. The molecule has 0 radical (unpaired) electrons. The van der Waals surface area contributed by atoms with Gasteiger partial charge in [0.1, 0.15) is 6.29 Å². The molecule has 62 valence electrons. The SMILES string of the molecule is O=Cc1ccc(C(=O)O)c(Br)c1. The molecule has 0 heterocycles. The fourth-order valence-corrected chi connectivity index (χ4v) is 1.34. The number of aldehydes is 1. The van der Waals surface area contributed by atoms with E-state index < -0.39 is 5.97 Å². The molecular weight excluding hydrogens is 224 g/mol. The van der Waals surface area contributed by atoms with Gasteiger partial charge in [-0.25, -0.2) is 4.79 Å².